The van der Waals surface area contributed by atoms with Gasteiger partial charge in [0, 0.05) is 12.2 Å². The number of aromatic amines is 1. The van der Waals surface area contributed by atoms with E-state index >= 15 is 0 Å². The zero-order valence-corrected chi connectivity index (χ0v) is 12.3. The molecule has 6 nitrogen and oxygen atoms in total. The first kappa shape index (κ1) is 14.4. The molecule has 6 heteroatoms. The fraction of sp³-hybridized carbons (Fsp3) is 0.571. The highest BCUT2D eigenvalue weighted by atomic mass is 16.6. The molecule has 1 aromatic rings. The average molecular weight is 280 g/mol. The minimum absolute atomic E-state index is 0.336. The van der Waals surface area contributed by atoms with Gasteiger partial charge in [-0.05, 0) is 38.8 Å². The van der Waals surface area contributed by atoms with Crippen LogP contribution in [0, 0.1) is 0 Å². The van der Waals surface area contributed by atoms with Gasteiger partial charge in [-0.3, -0.25) is 0 Å². The van der Waals surface area contributed by atoms with Crippen LogP contribution in [0.5, 0.6) is 0 Å². The molecule has 0 atom stereocenters. The number of ether oxygens (including phenoxy) is 2. The van der Waals surface area contributed by atoms with Gasteiger partial charge in [-0.1, -0.05) is 0 Å². The number of hydrogen-bond acceptors (Lipinski definition) is 4. The van der Waals surface area contributed by atoms with Gasteiger partial charge < -0.3 is 19.4 Å². The fourth-order valence-electron chi connectivity index (χ4n) is 2.13. The molecule has 20 heavy (non-hydrogen) atoms. The molecule has 2 rings (SSSR count). The van der Waals surface area contributed by atoms with E-state index < -0.39 is 11.6 Å². The van der Waals surface area contributed by atoms with Gasteiger partial charge in [-0.2, -0.15) is 0 Å². The van der Waals surface area contributed by atoms with Crippen molar-refractivity contribution in [1.82, 2.24) is 9.88 Å². The predicted molar refractivity (Wildman–Crippen MR) is 72.5 cm³/mol. The normalized spacial score (nSPS) is 14.7. The molecular weight excluding hydrogens is 260 g/mol. The Kier molecular flexibility index (Phi) is 3.74. The number of fused-ring (bicyclic) bond motifs is 1. The van der Waals surface area contributed by atoms with E-state index in [1.54, 1.807) is 11.0 Å². The second-order valence-corrected chi connectivity index (χ2v) is 5.83. The molecule has 1 aliphatic heterocycles. The van der Waals surface area contributed by atoms with E-state index in [1.165, 1.54) is 7.11 Å². The Morgan fingerprint density at radius 2 is 2.05 bits per heavy atom. The largest absolute Gasteiger partial charge is 0.464 e. The number of rotatable bonds is 1. The van der Waals surface area contributed by atoms with E-state index in [4.69, 9.17) is 4.74 Å². The summed E-state index contributed by atoms with van der Waals surface area (Å²) in [7, 11) is 1.34. The Morgan fingerprint density at radius 3 is 2.65 bits per heavy atom. The van der Waals surface area contributed by atoms with Gasteiger partial charge in [0.1, 0.15) is 11.3 Å². The van der Waals surface area contributed by atoms with Gasteiger partial charge in [-0.25, -0.2) is 9.59 Å². The summed E-state index contributed by atoms with van der Waals surface area (Å²) in [5, 5.41) is 0. The van der Waals surface area contributed by atoms with Crippen LogP contribution in [-0.2, 0) is 22.4 Å². The van der Waals surface area contributed by atoms with Gasteiger partial charge in [-0.15, -0.1) is 0 Å². The zero-order chi connectivity index (χ0) is 14.9. The number of esters is 1. The summed E-state index contributed by atoms with van der Waals surface area (Å²) in [5.74, 6) is -0.400. The molecule has 110 valence electrons. The van der Waals surface area contributed by atoms with Gasteiger partial charge in [0.15, 0.2) is 0 Å². The lowest BCUT2D eigenvalue weighted by Crippen LogP contribution is -2.39. The van der Waals surface area contributed by atoms with Crippen LogP contribution in [-0.4, -0.2) is 41.2 Å². The Hall–Kier alpha value is -1.98. The van der Waals surface area contributed by atoms with Crippen molar-refractivity contribution in [1.29, 1.82) is 0 Å². The van der Waals surface area contributed by atoms with Crippen LogP contribution >= 0.6 is 0 Å². The van der Waals surface area contributed by atoms with E-state index in [2.05, 4.69) is 9.72 Å². The lowest BCUT2D eigenvalue weighted by molar-refractivity contribution is 0.0221. The predicted octanol–water partition coefficient (Wildman–Crippen LogP) is 2.09. The van der Waals surface area contributed by atoms with Crippen LogP contribution < -0.4 is 0 Å². The number of nitrogens with zero attached hydrogens (tertiary/aromatic N) is 1. The van der Waals surface area contributed by atoms with E-state index in [0.29, 0.717) is 25.2 Å². The van der Waals surface area contributed by atoms with Crippen molar-refractivity contribution in [3.63, 3.8) is 0 Å². The quantitative estimate of drug-likeness (QED) is 0.800. The molecule has 0 unspecified atom stereocenters. The average Bonchev–Trinajstić information content (AvgIpc) is 2.78. The molecule has 0 saturated carbocycles. The monoisotopic (exact) mass is 280 g/mol. The van der Waals surface area contributed by atoms with Gasteiger partial charge in [0.25, 0.3) is 0 Å². The topological polar surface area (TPSA) is 71.6 Å². The molecule has 0 bridgehead atoms. The third kappa shape index (κ3) is 3.12. The van der Waals surface area contributed by atoms with E-state index in [-0.39, 0.29) is 6.09 Å². The maximum Gasteiger partial charge on any atom is 0.410 e. The second-order valence-electron chi connectivity index (χ2n) is 5.83. The molecule has 1 N–H and O–H groups in total. The Labute approximate surface area is 118 Å². The van der Waals surface area contributed by atoms with Crippen LogP contribution in [0.3, 0.4) is 0 Å². The number of nitrogens with one attached hydrogen (secondary N) is 1. The van der Waals surface area contributed by atoms with Crippen molar-refractivity contribution in [2.24, 2.45) is 0 Å². The first-order valence-electron chi connectivity index (χ1n) is 6.57. The number of carbonyl (C=O) groups is 2. The standard InChI is InChI=1S/C14H20N2O4/c1-14(2,3)20-13(18)16-6-5-9-7-10(12(17)19-4)15-11(9)8-16/h7,15H,5-6,8H2,1-4H3. The van der Waals surface area contributed by atoms with Crippen LogP contribution in [0.15, 0.2) is 6.07 Å². The van der Waals surface area contributed by atoms with Crippen molar-refractivity contribution in [2.45, 2.75) is 39.3 Å². The van der Waals surface area contributed by atoms with Crippen molar-refractivity contribution in [3.8, 4) is 0 Å². The first-order chi connectivity index (χ1) is 9.30. The molecule has 1 aromatic heterocycles. The summed E-state index contributed by atoms with van der Waals surface area (Å²) in [6.45, 7) is 6.51. The molecule has 0 radical (unpaired) electrons. The van der Waals surface area contributed by atoms with Crippen LogP contribution in [0.1, 0.15) is 42.5 Å². The fourth-order valence-corrected chi connectivity index (χ4v) is 2.13. The molecule has 2 heterocycles. The van der Waals surface area contributed by atoms with Gasteiger partial charge >= 0.3 is 12.1 Å². The maximum absolute atomic E-state index is 12.0. The summed E-state index contributed by atoms with van der Waals surface area (Å²) >= 11 is 0. The van der Waals surface area contributed by atoms with Crippen molar-refractivity contribution in [3.05, 3.63) is 23.0 Å². The van der Waals surface area contributed by atoms with E-state index in [0.717, 1.165) is 11.3 Å². The lowest BCUT2D eigenvalue weighted by Gasteiger charge is -2.29. The number of carbonyl (C=O) groups excluding carboxylic acids is 2. The van der Waals surface area contributed by atoms with Crippen LogP contribution in [0.2, 0.25) is 0 Å². The van der Waals surface area contributed by atoms with Crippen molar-refractivity contribution < 1.29 is 19.1 Å². The maximum atomic E-state index is 12.0. The van der Waals surface area contributed by atoms with Crippen molar-refractivity contribution in [2.75, 3.05) is 13.7 Å². The summed E-state index contributed by atoms with van der Waals surface area (Å²) < 4.78 is 10.0. The van der Waals surface area contributed by atoms with Gasteiger partial charge in [0.2, 0.25) is 0 Å². The number of H-pyrrole nitrogens is 1. The smallest absolute Gasteiger partial charge is 0.410 e. The highest BCUT2D eigenvalue weighted by Gasteiger charge is 2.27. The third-order valence-electron chi connectivity index (χ3n) is 3.05. The minimum Gasteiger partial charge on any atom is -0.464 e. The molecule has 0 fully saturated rings. The van der Waals surface area contributed by atoms with Crippen LogP contribution in [0.25, 0.3) is 0 Å². The van der Waals surface area contributed by atoms with Gasteiger partial charge in [0.05, 0.1) is 13.7 Å². The number of hydrogen-bond donors (Lipinski definition) is 1. The molecule has 0 spiro atoms. The third-order valence-corrected chi connectivity index (χ3v) is 3.05. The zero-order valence-electron chi connectivity index (χ0n) is 12.3. The number of amides is 1. The first-order valence-corrected chi connectivity index (χ1v) is 6.57. The summed E-state index contributed by atoms with van der Waals surface area (Å²) in [6.07, 6.45) is 0.361. The Morgan fingerprint density at radius 1 is 1.35 bits per heavy atom. The van der Waals surface area contributed by atoms with E-state index in [9.17, 15) is 9.59 Å². The van der Waals surface area contributed by atoms with E-state index in [1.807, 2.05) is 20.8 Å². The van der Waals surface area contributed by atoms with Crippen molar-refractivity contribution >= 4 is 12.1 Å². The minimum atomic E-state index is -0.510. The molecule has 0 aliphatic carbocycles. The van der Waals surface area contributed by atoms with Crippen LogP contribution in [0.4, 0.5) is 4.79 Å². The molecule has 1 amide bonds. The highest BCUT2D eigenvalue weighted by molar-refractivity contribution is 5.87. The number of aromatic nitrogens is 1. The molecule has 0 aromatic carbocycles. The second kappa shape index (κ2) is 5.19. The summed E-state index contributed by atoms with van der Waals surface area (Å²) in [6, 6.07) is 1.79. The molecular formula is C14H20N2O4. The SMILES string of the molecule is COC(=O)c1cc2c([nH]1)CN(C(=O)OC(C)(C)C)CC2. The molecule has 0 saturated heterocycles. The highest BCUT2D eigenvalue weighted by Crippen LogP contribution is 2.22. The Bertz CT molecular complexity index is 528. The summed E-state index contributed by atoms with van der Waals surface area (Å²) in [5.41, 5.74) is 1.82. The Balaban J connectivity index is 2.09. The summed E-state index contributed by atoms with van der Waals surface area (Å²) in [4.78, 5) is 28.1. The number of methoxy groups -OCH3 is 1. The lowest BCUT2D eigenvalue weighted by atomic mass is 10.1. The molecule has 1 aliphatic rings.